The maximum Gasteiger partial charge on any atom is 0.254 e. The van der Waals surface area contributed by atoms with Crippen LogP contribution >= 0.6 is 27.7 Å². The van der Waals surface area contributed by atoms with Gasteiger partial charge in [0.1, 0.15) is 11.6 Å². The first-order valence-electron chi connectivity index (χ1n) is 12.2. The highest BCUT2D eigenvalue weighted by molar-refractivity contribution is 9.10. The first-order chi connectivity index (χ1) is 19.3. The molecule has 1 aliphatic heterocycles. The normalized spacial score (nSPS) is 14.8. The highest BCUT2D eigenvalue weighted by Gasteiger charge is 2.33. The van der Waals surface area contributed by atoms with Crippen molar-refractivity contribution in [2.45, 2.75) is 24.2 Å². The molecule has 0 bridgehead atoms. The van der Waals surface area contributed by atoms with Gasteiger partial charge in [-0.1, -0.05) is 64.1 Å². The van der Waals surface area contributed by atoms with Crippen molar-refractivity contribution >= 4 is 45.2 Å². The summed E-state index contributed by atoms with van der Waals surface area (Å²) >= 11 is 4.62. The predicted molar refractivity (Wildman–Crippen MR) is 151 cm³/mol. The van der Waals surface area contributed by atoms with Crippen molar-refractivity contribution in [1.29, 1.82) is 0 Å². The van der Waals surface area contributed by atoms with Crippen molar-refractivity contribution in [3.63, 3.8) is 0 Å². The lowest BCUT2D eigenvalue weighted by molar-refractivity contribution is -0.130. The smallest absolute Gasteiger partial charge is 0.254 e. The van der Waals surface area contributed by atoms with Crippen molar-refractivity contribution in [2.24, 2.45) is 12.1 Å². The van der Waals surface area contributed by atoms with Crippen LogP contribution in [0.15, 0.2) is 87.5 Å². The number of benzene rings is 3. The predicted octanol–water partition coefficient (Wildman–Crippen LogP) is 5.26. The molecule has 4 aromatic rings. The van der Waals surface area contributed by atoms with Crippen LogP contribution < -0.4 is 5.32 Å². The van der Waals surface area contributed by atoms with E-state index in [9.17, 15) is 18.4 Å². The molecule has 0 spiro atoms. The van der Waals surface area contributed by atoms with Gasteiger partial charge >= 0.3 is 0 Å². The molecule has 0 saturated heterocycles. The summed E-state index contributed by atoms with van der Waals surface area (Å²) in [5, 5.41) is 17.4. The van der Waals surface area contributed by atoms with E-state index in [0.717, 1.165) is 21.3 Å². The third-order valence-corrected chi connectivity index (χ3v) is 7.91. The van der Waals surface area contributed by atoms with Gasteiger partial charge in [0.05, 0.1) is 29.6 Å². The van der Waals surface area contributed by atoms with Gasteiger partial charge in [-0.05, 0) is 47.5 Å². The number of thioether (sulfide) groups is 1. The van der Waals surface area contributed by atoms with Crippen molar-refractivity contribution in [3.8, 4) is 0 Å². The molecule has 12 heteroatoms. The van der Waals surface area contributed by atoms with Crippen LogP contribution in [0, 0.1) is 11.6 Å². The van der Waals surface area contributed by atoms with Gasteiger partial charge < -0.3 is 9.88 Å². The summed E-state index contributed by atoms with van der Waals surface area (Å²) in [5.74, 6) is -1.30. The number of amides is 2. The fourth-order valence-corrected chi connectivity index (χ4v) is 5.27. The molecule has 0 aliphatic carbocycles. The van der Waals surface area contributed by atoms with E-state index in [0.29, 0.717) is 17.4 Å². The van der Waals surface area contributed by atoms with E-state index in [1.54, 1.807) is 29.8 Å². The topological polar surface area (TPSA) is 92.5 Å². The van der Waals surface area contributed by atoms with Crippen molar-refractivity contribution in [2.75, 3.05) is 5.75 Å². The fourth-order valence-electron chi connectivity index (χ4n) is 4.22. The highest BCUT2D eigenvalue weighted by Crippen LogP contribution is 2.34. The lowest BCUT2D eigenvalue weighted by atomic mass is 9.98. The van der Waals surface area contributed by atoms with Crippen LogP contribution in [-0.4, -0.2) is 43.1 Å². The minimum Gasteiger partial charge on any atom is -0.345 e. The molecule has 40 heavy (non-hydrogen) atoms. The summed E-state index contributed by atoms with van der Waals surface area (Å²) in [5.41, 5.74) is 2.37. The average molecular weight is 625 g/mol. The van der Waals surface area contributed by atoms with Gasteiger partial charge in [0.25, 0.3) is 11.8 Å². The Labute approximate surface area is 241 Å². The Kier molecular flexibility index (Phi) is 8.36. The minimum absolute atomic E-state index is 0.0301. The zero-order chi connectivity index (χ0) is 28.2. The highest BCUT2D eigenvalue weighted by atomic mass is 79.9. The van der Waals surface area contributed by atoms with Gasteiger partial charge in [-0.15, -0.1) is 10.2 Å². The van der Waals surface area contributed by atoms with Crippen molar-refractivity contribution < 1.29 is 18.4 Å². The minimum atomic E-state index is -0.612. The Morgan fingerprint density at radius 1 is 1.02 bits per heavy atom. The number of halogens is 3. The zero-order valence-corrected chi connectivity index (χ0v) is 23.6. The van der Waals surface area contributed by atoms with Crippen LogP contribution in [0.25, 0.3) is 0 Å². The van der Waals surface area contributed by atoms with E-state index in [4.69, 9.17) is 0 Å². The van der Waals surface area contributed by atoms with E-state index < -0.39 is 11.7 Å². The standard InChI is InChI=1S/C28H23BrF2N6O2S/c1-36-25(15-32-27(39)21-4-2-3-5-22(21)31)33-34-28(36)40-16-26(38)37-24(18-8-12-20(30)13-9-18)14-23(35-37)17-6-10-19(29)11-7-17/h2-13,24H,14-16H2,1H3,(H,32,39)/t24-/m0/s1. The molecule has 1 N–H and O–H groups in total. The van der Waals surface area contributed by atoms with E-state index in [1.807, 2.05) is 24.3 Å². The Hall–Kier alpha value is -3.90. The molecule has 8 nitrogen and oxygen atoms in total. The fraction of sp³-hybridized carbons (Fsp3) is 0.179. The molecule has 2 heterocycles. The maximum absolute atomic E-state index is 13.9. The third-order valence-electron chi connectivity index (χ3n) is 6.37. The monoisotopic (exact) mass is 624 g/mol. The summed E-state index contributed by atoms with van der Waals surface area (Å²) in [6, 6.07) is 19.1. The molecule has 0 saturated carbocycles. The van der Waals surface area contributed by atoms with Crippen LogP contribution in [0.1, 0.15) is 39.8 Å². The van der Waals surface area contributed by atoms with Crippen LogP contribution in [0.3, 0.4) is 0 Å². The molecular weight excluding hydrogens is 602 g/mol. The van der Waals surface area contributed by atoms with Gasteiger partial charge in [0.2, 0.25) is 0 Å². The molecule has 1 aliphatic rings. The molecular formula is C28H23BrF2N6O2S. The van der Waals surface area contributed by atoms with E-state index in [-0.39, 0.29) is 35.6 Å². The number of hydrazone groups is 1. The Balaban J connectivity index is 1.27. The number of hydrogen-bond donors (Lipinski definition) is 1. The number of carbonyl (C=O) groups excluding carboxylic acids is 2. The second-order valence-electron chi connectivity index (χ2n) is 8.97. The summed E-state index contributed by atoms with van der Waals surface area (Å²) in [6.07, 6.45) is 0.486. The molecule has 2 amide bonds. The number of nitrogens with one attached hydrogen (secondary N) is 1. The molecule has 1 atom stereocenters. The molecule has 5 rings (SSSR count). The summed E-state index contributed by atoms with van der Waals surface area (Å²) in [4.78, 5) is 25.7. The van der Waals surface area contributed by atoms with Crippen LogP contribution in [-0.2, 0) is 18.4 Å². The van der Waals surface area contributed by atoms with Crippen molar-refractivity contribution in [1.82, 2.24) is 25.1 Å². The number of hydrogen-bond acceptors (Lipinski definition) is 6. The van der Waals surface area contributed by atoms with Crippen LogP contribution in [0.4, 0.5) is 8.78 Å². The first kappa shape index (κ1) is 27.7. The number of nitrogens with zero attached hydrogens (tertiary/aromatic N) is 5. The molecule has 0 unspecified atom stereocenters. The van der Waals surface area contributed by atoms with E-state index in [1.165, 1.54) is 47.1 Å². The van der Waals surface area contributed by atoms with Crippen LogP contribution in [0.2, 0.25) is 0 Å². The number of rotatable bonds is 8. The zero-order valence-electron chi connectivity index (χ0n) is 21.2. The average Bonchev–Trinajstić information content (AvgIpc) is 3.55. The second-order valence-corrected chi connectivity index (χ2v) is 10.8. The van der Waals surface area contributed by atoms with Gasteiger partial charge in [-0.2, -0.15) is 5.10 Å². The van der Waals surface area contributed by atoms with Gasteiger partial charge in [0.15, 0.2) is 11.0 Å². The quantitative estimate of drug-likeness (QED) is 0.270. The number of aromatic nitrogens is 3. The first-order valence-corrected chi connectivity index (χ1v) is 14.0. The molecule has 0 fully saturated rings. The largest absolute Gasteiger partial charge is 0.345 e. The Morgan fingerprint density at radius 3 is 2.48 bits per heavy atom. The number of carbonyl (C=O) groups is 2. The molecule has 204 valence electrons. The SMILES string of the molecule is Cn1c(CNC(=O)c2ccccc2F)nnc1SCC(=O)N1N=C(c2ccc(Br)cc2)C[C@H]1c1ccc(F)cc1. The Morgan fingerprint density at radius 2 is 1.75 bits per heavy atom. The maximum atomic E-state index is 13.9. The second kappa shape index (κ2) is 12.1. The molecule has 1 aromatic heterocycles. The Bertz CT molecular complexity index is 1580. The lowest BCUT2D eigenvalue weighted by Gasteiger charge is -2.22. The summed E-state index contributed by atoms with van der Waals surface area (Å²) < 4.78 is 30.1. The van der Waals surface area contributed by atoms with E-state index in [2.05, 4.69) is 36.5 Å². The van der Waals surface area contributed by atoms with Gasteiger partial charge in [0, 0.05) is 17.9 Å². The summed E-state index contributed by atoms with van der Waals surface area (Å²) in [7, 11) is 1.72. The molecule has 3 aromatic carbocycles. The van der Waals surface area contributed by atoms with Gasteiger partial charge in [-0.3, -0.25) is 9.59 Å². The van der Waals surface area contributed by atoms with Crippen LogP contribution in [0.5, 0.6) is 0 Å². The van der Waals surface area contributed by atoms with Crippen molar-refractivity contribution in [3.05, 3.63) is 111 Å². The molecule has 0 radical (unpaired) electrons. The summed E-state index contributed by atoms with van der Waals surface area (Å²) in [6.45, 7) is 0.0325. The lowest BCUT2D eigenvalue weighted by Crippen LogP contribution is -2.28. The van der Waals surface area contributed by atoms with Gasteiger partial charge in [-0.25, -0.2) is 13.8 Å². The van der Waals surface area contributed by atoms with E-state index >= 15 is 0 Å². The third kappa shape index (κ3) is 6.13.